The molecule has 0 aliphatic carbocycles. The third kappa shape index (κ3) is 4.76. The molecule has 0 aliphatic heterocycles. The molecule has 1 amide bonds. The van der Waals surface area contributed by atoms with E-state index in [1.54, 1.807) is 25.1 Å². The molecule has 0 saturated carbocycles. The minimum absolute atomic E-state index is 0.00304. The summed E-state index contributed by atoms with van der Waals surface area (Å²) in [5.74, 6) is 1.10. The second-order valence-electron chi connectivity index (χ2n) is 4.43. The molecule has 0 aromatic heterocycles. The minimum atomic E-state index is -0.135. The Bertz CT molecular complexity index is 388. The van der Waals surface area contributed by atoms with E-state index in [2.05, 4.69) is 5.32 Å². The molecule has 4 heteroatoms. The van der Waals surface area contributed by atoms with E-state index in [9.17, 15) is 9.90 Å². The smallest absolute Gasteiger partial charge is 0.257 e. The van der Waals surface area contributed by atoms with Crippen molar-refractivity contribution in [2.24, 2.45) is 5.92 Å². The summed E-state index contributed by atoms with van der Waals surface area (Å²) >= 11 is 0. The zero-order chi connectivity index (χ0) is 12.8. The van der Waals surface area contributed by atoms with Gasteiger partial charge in [-0.1, -0.05) is 13.8 Å². The van der Waals surface area contributed by atoms with Crippen molar-refractivity contribution in [3.05, 3.63) is 23.8 Å². The number of hydrogen-bond acceptors (Lipinski definition) is 3. The van der Waals surface area contributed by atoms with Gasteiger partial charge >= 0.3 is 0 Å². The number of aromatic hydroxyl groups is 1. The second-order valence-corrected chi connectivity index (χ2v) is 4.43. The van der Waals surface area contributed by atoms with Gasteiger partial charge in [-0.15, -0.1) is 0 Å². The normalized spacial score (nSPS) is 10.4. The van der Waals surface area contributed by atoms with Gasteiger partial charge in [0.25, 0.3) is 5.91 Å². The zero-order valence-electron chi connectivity index (χ0n) is 10.5. The van der Waals surface area contributed by atoms with Crippen molar-refractivity contribution in [3.63, 3.8) is 0 Å². The third-order valence-electron chi connectivity index (χ3n) is 2.25. The van der Waals surface area contributed by atoms with Gasteiger partial charge in [-0.2, -0.15) is 0 Å². The van der Waals surface area contributed by atoms with Crippen LogP contribution in [-0.2, 0) is 4.79 Å². The van der Waals surface area contributed by atoms with Crippen molar-refractivity contribution < 1.29 is 14.6 Å². The van der Waals surface area contributed by atoms with Gasteiger partial charge in [-0.05, 0) is 36.6 Å². The van der Waals surface area contributed by atoms with Crippen LogP contribution in [-0.4, -0.2) is 24.2 Å². The Balaban J connectivity index is 2.39. The van der Waals surface area contributed by atoms with Crippen molar-refractivity contribution in [3.8, 4) is 11.5 Å². The first-order valence-electron chi connectivity index (χ1n) is 5.68. The summed E-state index contributed by atoms with van der Waals surface area (Å²) in [4.78, 5) is 11.4. The number of rotatable bonds is 5. The summed E-state index contributed by atoms with van der Waals surface area (Å²) in [5, 5.41) is 12.1. The van der Waals surface area contributed by atoms with Crippen LogP contribution in [0.2, 0.25) is 0 Å². The number of phenolic OH excluding ortho intramolecular Hbond substituents is 1. The lowest BCUT2D eigenvalue weighted by molar-refractivity contribution is -0.123. The van der Waals surface area contributed by atoms with Crippen molar-refractivity contribution >= 4 is 5.91 Å². The van der Waals surface area contributed by atoms with Gasteiger partial charge < -0.3 is 15.2 Å². The summed E-state index contributed by atoms with van der Waals surface area (Å²) in [7, 11) is 0. The summed E-state index contributed by atoms with van der Waals surface area (Å²) in [6.45, 7) is 6.49. The average molecular weight is 237 g/mol. The molecule has 1 aromatic carbocycles. The number of ether oxygens (including phenoxy) is 1. The maximum Gasteiger partial charge on any atom is 0.257 e. The Morgan fingerprint density at radius 1 is 1.47 bits per heavy atom. The van der Waals surface area contributed by atoms with E-state index in [0.717, 1.165) is 5.56 Å². The second kappa shape index (κ2) is 6.13. The van der Waals surface area contributed by atoms with Crippen LogP contribution in [0.4, 0.5) is 0 Å². The molecule has 4 nitrogen and oxygen atoms in total. The van der Waals surface area contributed by atoms with Gasteiger partial charge in [0.05, 0.1) is 0 Å². The molecule has 0 fully saturated rings. The lowest BCUT2D eigenvalue weighted by atomic mass is 10.2. The lowest BCUT2D eigenvalue weighted by Gasteiger charge is -2.09. The van der Waals surface area contributed by atoms with E-state index < -0.39 is 0 Å². The highest BCUT2D eigenvalue weighted by Gasteiger charge is 2.04. The van der Waals surface area contributed by atoms with E-state index in [-0.39, 0.29) is 18.3 Å². The van der Waals surface area contributed by atoms with E-state index in [0.29, 0.717) is 18.2 Å². The van der Waals surface area contributed by atoms with Crippen molar-refractivity contribution in [2.75, 3.05) is 13.2 Å². The van der Waals surface area contributed by atoms with E-state index >= 15 is 0 Å². The summed E-state index contributed by atoms with van der Waals surface area (Å²) in [5.41, 5.74) is 0.727. The molecule has 0 aliphatic rings. The number of nitrogens with one attached hydrogen (secondary N) is 1. The van der Waals surface area contributed by atoms with Crippen molar-refractivity contribution in [2.45, 2.75) is 20.8 Å². The largest absolute Gasteiger partial charge is 0.508 e. The molecule has 17 heavy (non-hydrogen) atoms. The van der Waals surface area contributed by atoms with Crippen LogP contribution in [0.25, 0.3) is 0 Å². The van der Waals surface area contributed by atoms with Crippen LogP contribution in [0.5, 0.6) is 11.5 Å². The van der Waals surface area contributed by atoms with Gasteiger partial charge in [-0.25, -0.2) is 0 Å². The predicted octanol–water partition coefficient (Wildman–Crippen LogP) is 1.85. The number of hydrogen-bond donors (Lipinski definition) is 2. The Hall–Kier alpha value is -1.71. The molecule has 0 saturated heterocycles. The molecule has 0 heterocycles. The molecule has 2 N–H and O–H groups in total. The highest BCUT2D eigenvalue weighted by Crippen LogP contribution is 2.21. The maximum atomic E-state index is 11.4. The molecular weight excluding hydrogens is 218 g/mol. The third-order valence-corrected chi connectivity index (χ3v) is 2.25. The Kier molecular flexibility index (Phi) is 4.82. The highest BCUT2D eigenvalue weighted by atomic mass is 16.5. The quantitative estimate of drug-likeness (QED) is 0.821. The SMILES string of the molecule is Cc1cc(OCC(=O)NCC(C)C)ccc1O. The molecule has 94 valence electrons. The Morgan fingerprint density at radius 3 is 2.76 bits per heavy atom. The Labute approximate surface area is 102 Å². The fraction of sp³-hybridized carbons (Fsp3) is 0.462. The molecule has 0 spiro atoms. The molecule has 0 unspecified atom stereocenters. The van der Waals surface area contributed by atoms with Gasteiger partial charge in [0.1, 0.15) is 11.5 Å². The minimum Gasteiger partial charge on any atom is -0.508 e. The average Bonchev–Trinajstić information content (AvgIpc) is 2.28. The molecule has 0 atom stereocenters. The maximum absolute atomic E-state index is 11.4. The fourth-order valence-corrected chi connectivity index (χ4v) is 1.24. The first kappa shape index (κ1) is 13.4. The number of benzene rings is 1. The highest BCUT2D eigenvalue weighted by molar-refractivity contribution is 5.77. The number of amides is 1. The van der Waals surface area contributed by atoms with Crippen LogP contribution in [0.15, 0.2) is 18.2 Å². The van der Waals surface area contributed by atoms with Crippen LogP contribution < -0.4 is 10.1 Å². The van der Waals surface area contributed by atoms with Gasteiger partial charge in [-0.3, -0.25) is 4.79 Å². The summed E-state index contributed by atoms with van der Waals surface area (Å²) < 4.78 is 5.31. The van der Waals surface area contributed by atoms with E-state index in [4.69, 9.17) is 4.74 Å². The van der Waals surface area contributed by atoms with Crippen LogP contribution >= 0.6 is 0 Å². The Morgan fingerprint density at radius 2 is 2.18 bits per heavy atom. The van der Waals surface area contributed by atoms with Crippen LogP contribution in [0, 0.1) is 12.8 Å². The first-order valence-corrected chi connectivity index (χ1v) is 5.68. The molecule has 0 radical (unpaired) electrons. The standard InChI is InChI=1S/C13H19NO3/c1-9(2)7-14-13(16)8-17-11-4-5-12(15)10(3)6-11/h4-6,9,15H,7-8H2,1-3H3,(H,14,16). The number of aryl methyl sites for hydroxylation is 1. The number of carbonyl (C=O) groups is 1. The van der Waals surface area contributed by atoms with Crippen LogP contribution in [0.3, 0.4) is 0 Å². The van der Waals surface area contributed by atoms with Crippen molar-refractivity contribution in [1.82, 2.24) is 5.32 Å². The van der Waals surface area contributed by atoms with Gasteiger partial charge in [0.15, 0.2) is 6.61 Å². The number of carbonyl (C=O) groups excluding carboxylic acids is 1. The fourth-order valence-electron chi connectivity index (χ4n) is 1.24. The van der Waals surface area contributed by atoms with E-state index in [1.165, 1.54) is 0 Å². The molecular formula is C13H19NO3. The van der Waals surface area contributed by atoms with Gasteiger partial charge in [0, 0.05) is 6.54 Å². The number of phenols is 1. The molecule has 1 aromatic rings. The van der Waals surface area contributed by atoms with Crippen molar-refractivity contribution in [1.29, 1.82) is 0 Å². The predicted molar refractivity (Wildman–Crippen MR) is 66.2 cm³/mol. The zero-order valence-corrected chi connectivity index (χ0v) is 10.5. The molecule has 1 rings (SSSR count). The lowest BCUT2D eigenvalue weighted by Crippen LogP contribution is -2.31. The van der Waals surface area contributed by atoms with Crippen LogP contribution in [0.1, 0.15) is 19.4 Å². The summed E-state index contributed by atoms with van der Waals surface area (Å²) in [6, 6.07) is 4.89. The topological polar surface area (TPSA) is 58.6 Å². The summed E-state index contributed by atoms with van der Waals surface area (Å²) in [6.07, 6.45) is 0. The van der Waals surface area contributed by atoms with Gasteiger partial charge in [0.2, 0.25) is 0 Å². The van der Waals surface area contributed by atoms with E-state index in [1.807, 2.05) is 13.8 Å². The monoisotopic (exact) mass is 237 g/mol. The molecule has 0 bridgehead atoms. The first-order chi connectivity index (χ1) is 7.99.